The van der Waals surface area contributed by atoms with Gasteiger partial charge in [-0.1, -0.05) is 24.7 Å². The highest BCUT2D eigenvalue weighted by molar-refractivity contribution is 7.18. The summed E-state index contributed by atoms with van der Waals surface area (Å²) in [6, 6.07) is 0.513. The van der Waals surface area contributed by atoms with E-state index in [1.165, 1.54) is 37.0 Å². The van der Waals surface area contributed by atoms with Crippen molar-refractivity contribution in [1.29, 1.82) is 0 Å². The second kappa shape index (κ2) is 6.22. The number of carbonyl (C=O) groups excluding carboxylic acids is 1. The van der Waals surface area contributed by atoms with Crippen LogP contribution in [0.1, 0.15) is 55.1 Å². The number of rotatable bonds is 4. The molecule has 2 aliphatic rings. The Morgan fingerprint density at radius 2 is 2.10 bits per heavy atom. The molecule has 1 saturated heterocycles. The van der Waals surface area contributed by atoms with Gasteiger partial charge < -0.3 is 16.0 Å². The molecule has 1 aliphatic heterocycles. The second-order valence-corrected chi connectivity index (χ2v) is 7.15. The Morgan fingerprint density at radius 3 is 2.67 bits per heavy atom. The van der Waals surface area contributed by atoms with E-state index in [-0.39, 0.29) is 5.91 Å². The zero-order chi connectivity index (χ0) is 14.8. The Bertz CT molecular complexity index is 504. The van der Waals surface area contributed by atoms with Crippen LogP contribution in [-0.2, 0) is 0 Å². The quantitative estimate of drug-likeness (QED) is 0.897. The number of nitrogens with one attached hydrogen (secondary N) is 1. The lowest BCUT2D eigenvalue weighted by molar-refractivity contribution is 0.0694. The van der Waals surface area contributed by atoms with Crippen molar-refractivity contribution < 1.29 is 4.79 Å². The van der Waals surface area contributed by atoms with Crippen molar-refractivity contribution in [3.05, 3.63) is 4.88 Å². The van der Waals surface area contributed by atoms with Crippen LogP contribution >= 0.6 is 11.3 Å². The van der Waals surface area contributed by atoms with E-state index in [4.69, 9.17) is 5.73 Å². The fraction of sp³-hybridized carbons (Fsp3) is 0.733. The number of nitrogen functional groups attached to an aromatic ring is 1. The first-order valence-corrected chi connectivity index (χ1v) is 8.81. The molecule has 1 aliphatic carbocycles. The third-order valence-corrected chi connectivity index (χ3v) is 5.75. The van der Waals surface area contributed by atoms with Crippen LogP contribution in [0, 0.1) is 5.92 Å². The van der Waals surface area contributed by atoms with Crippen LogP contribution < -0.4 is 11.1 Å². The molecular weight excluding hydrogens is 284 g/mol. The van der Waals surface area contributed by atoms with E-state index in [9.17, 15) is 4.79 Å². The third-order valence-electron chi connectivity index (χ3n) is 4.76. The standard InChI is InChI=1S/C15H24N4OS/c1-2-10-6-8-19(9-7-10)14(20)12-13(16)18-15(21-12)17-11-4-3-5-11/h10-11H,2-9,16H2,1H3,(H,17,18). The largest absolute Gasteiger partial charge is 0.382 e. The molecule has 3 N–H and O–H groups in total. The molecule has 2 heterocycles. The molecule has 0 aromatic carbocycles. The van der Waals surface area contributed by atoms with Gasteiger partial charge in [0, 0.05) is 19.1 Å². The summed E-state index contributed by atoms with van der Waals surface area (Å²) in [5.41, 5.74) is 5.95. The van der Waals surface area contributed by atoms with Crippen LogP contribution in [0.5, 0.6) is 0 Å². The Labute approximate surface area is 129 Å². The van der Waals surface area contributed by atoms with Gasteiger partial charge in [0.15, 0.2) is 5.13 Å². The van der Waals surface area contributed by atoms with Gasteiger partial charge in [-0.2, -0.15) is 0 Å². The molecule has 0 bridgehead atoms. The number of piperidine rings is 1. The molecule has 1 saturated carbocycles. The van der Waals surface area contributed by atoms with Crippen molar-refractivity contribution in [1.82, 2.24) is 9.88 Å². The van der Waals surface area contributed by atoms with Gasteiger partial charge in [0.2, 0.25) is 0 Å². The number of thiazole rings is 1. The molecule has 1 aromatic heterocycles. The fourth-order valence-electron chi connectivity index (χ4n) is 2.96. The lowest BCUT2D eigenvalue weighted by atomic mass is 9.93. The van der Waals surface area contributed by atoms with Crippen molar-refractivity contribution in [2.24, 2.45) is 5.92 Å². The molecule has 5 nitrogen and oxygen atoms in total. The van der Waals surface area contributed by atoms with E-state index < -0.39 is 0 Å². The molecule has 2 fully saturated rings. The topological polar surface area (TPSA) is 71.2 Å². The molecule has 6 heteroatoms. The van der Waals surface area contributed by atoms with Crippen LogP contribution in [0.2, 0.25) is 0 Å². The summed E-state index contributed by atoms with van der Waals surface area (Å²) in [7, 11) is 0. The first kappa shape index (κ1) is 14.6. The average molecular weight is 308 g/mol. The number of aromatic nitrogens is 1. The minimum Gasteiger partial charge on any atom is -0.382 e. The highest BCUT2D eigenvalue weighted by atomic mass is 32.1. The maximum absolute atomic E-state index is 12.6. The zero-order valence-electron chi connectivity index (χ0n) is 12.6. The van der Waals surface area contributed by atoms with Gasteiger partial charge in [0.1, 0.15) is 10.7 Å². The zero-order valence-corrected chi connectivity index (χ0v) is 13.4. The molecule has 1 amide bonds. The van der Waals surface area contributed by atoms with Gasteiger partial charge in [-0.3, -0.25) is 4.79 Å². The Hall–Kier alpha value is -1.30. The van der Waals surface area contributed by atoms with Crippen LogP contribution in [0.15, 0.2) is 0 Å². The van der Waals surface area contributed by atoms with E-state index in [1.54, 1.807) is 0 Å². The van der Waals surface area contributed by atoms with Crippen molar-refractivity contribution >= 4 is 28.2 Å². The Morgan fingerprint density at radius 1 is 1.38 bits per heavy atom. The summed E-state index contributed by atoms with van der Waals surface area (Å²) >= 11 is 1.41. The lowest BCUT2D eigenvalue weighted by Crippen LogP contribution is -2.38. The minimum absolute atomic E-state index is 0.0567. The number of likely N-dealkylation sites (tertiary alicyclic amines) is 1. The van der Waals surface area contributed by atoms with Crippen LogP contribution in [0.25, 0.3) is 0 Å². The summed E-state index contributed by atoms with van der Waals surface area (Å²) in [6.07, 6.45) is 7.07. The first-order valence-electron chi connectivity index (χ1n) is 7.99. The molecule has 0 radical (unpaired) electrons. The van der Waals surface area contributed by atoms with Crippen molar-refractivity contribution in [3.8, 4) is 0 Å². The van der Waals surface area contributed by atoms with Gasteiger partial charge in [-0.15, -0.1) is 0 Å². The monoisotopic (exact) mass is 308 g/mol. The Balaban J connectivity index is 1.64. The van der Waals surface area contributed by atoms with Gasteiger partial charge in [0.05, 0.1) is 0 Å². The van der Waals surface area contributed by atoms with E-state index in [0.717, 1.165) is 37.0 Å². The Kier molecular flexibility index (Phi) is 4.33. The molecule has 21 heavy (non-hydrogen) atoms. The van der Waals surface area contributed by atoms with Gasteiger partial charge in [-0.25, -0.2) is 4.98 Å². The molecule has 0 atom stereocenters. The van der Waals surface area contributed by atoms with Crippen molar-refractivity contribution in [2.75, 3.05) is 24.1 Å². The first-order chi connectivity index (χ1) is 10.2. The minimum atomic E-state index is 0.0567. The van der Waals surface area contributed by atoms with E-state index in [0.29, 0.717) is 16.7 Å². The predicted molar refractivity (Wildman–Crippen MR) is 86.7 cm³/mol. The number of hydrogen-bond acceptors (Lipinski definition) is 5. The van der Waals surface area contributed by atoms with Crippen molar-refractivity contribution in [2.45, 2.75) is 51.5 Å². The molecule has 0 spiro atoms. The van der Waals surface area contributed by atoms with E-state index >= 15 is 0 Å². The maximum Gasteiger partial charge on any atom is 0.267 e. The van der Waals surface area contributed by atoms with Crippen molar-refractivity contribution in [3.63, 3.8) is 0 Å². The lowest BCUT2D eigenvalue weighted by Gasteiger charge is -2.31. The second-order valence-electron chi connectivity index (χ2n) is 6.15. The number of anilines is 2. The van der Waals surface area contributed by atoms with E-state index in [1.807, 2.05) is 4.90 Å². The van der Waals surface area contributed by atoms with Crippen LogP contribution in [-0.4, -0.2) is 34.9 Å². The van der Waals surface area contributed by atoms with Gasteiger partial charge in [0.25, 0.3) is 5.91 Å². The SMILES string of the molecule is CCC1CCN(C(=O)c2sc(NC3CCC3)nc2N)CC1. The predicted octanol–water partition coefficient (Wildman–Crippen LogP) is 2.95. The van der Waals surface area contributed by atoms with Crippen LogP contribution in [0.3, 0.4) is 0 Å². The molecule has 116 valence electrons. The summed E-state index contributed by atoms with van der Waals surface area (Å²) in [5.74, 6) is 1.20. The maximum atomic E-state index is 12.6. The summed E-state index contributed by atoms with van der Waals surface area (Å²) in [6.45, 7) is 3.92. The smallest absolute Gasteiger partial charge is 0.267 e. The number of nitrogens with zero attached hydrogens (tertiary/aromatic N) is 2. The highest BCUT2D eigenvalue weighted by Gasteiger charge is 2.27. The molecule has 3 rings (SSSR count). The number of amides is 1. The normalized spacial score (nSPS) is 20.3. The third kappa shape index (κ3) is 3.15. The highest BCUT2D eigenvalue weighted by Crippen LogP contribution is 2.31. The van der Waals surface area contributed by atoms with Crippen LogP contribution in [0.4, 0.5) is 10.9 Å². The molecule has 1 aromatic rings. The fourth-order valence-corrected chi connectivity index (χ4v) is 3.89. The summed E-state index contributed by atoms with van der Waals surface area (Å²) in [5, 5.41) is 4.17. The number of nitrogens with two attached hydrogens (primary N) is 1. The van der Waals surface area contributed by atoms with Gasteiger partial charge >= 0.3 is 0 Å². The molecular formula is C15H24N4OS. The molecule has 0 unspecified atom stereocenters. The van der Waals surface area contributed by atoms with E-state index in [2.05, 4.69) is 17.2 Å². The van der Waals surface area contributed by atoms with Gasteiger partial charge in [-0.05, 0) is 38.0 Å². The number of hydrogen-bond donors (Lipinski definition) is 2. The number of carbonyl (C=O) groups is 1. The summed E-state index contributed by atoms with van der Waals surface area (Å²) in [4.78, 5) is 19.4. The average Bonchev–Trinajstić information content (AvgIpc) is 2.83. The summed E-state index contributed by atoms with van der Waals surface area (Å²) < 4.78 is 0.